The van der Waals surface area contributed by atoms with Crippen LogP contribution in [-0.2, 0) is 17.8 Å². The van der Waals surface area contributed by atoms with E-state index in [4.69, 9.17) is 5.11 Å². The molecule has 0 saturated carbocycles. The molecule has 0 aliphatic carbocycles. The highest BCUT2D eigenvalue weighted by Gasteiger charge is 2.08. The number of aliphatic carboxylic acids is 1. The molecule has 6 nitrogen and oxygen atoms in total. The Balaban J connectivity index is 2.30. The number of nitrogens with zero attached hydrogens (tertiary/aromatic N) is 4. The van der Waals surface area contributed by atoms with Gasteiger partial charge in [-0.05, 0) is 16.8 Å². The molecule has 1 N–H and O–H groups in total. The van der Waals surface area contributed by atoms with Gasteiger partial charge in [0, 0.05) is 6.42 Å². The zero-order valence-corrected chi connectivity index (χ0v) is 9.59. The van der Waals surface area contributed by atoms with Crippen molar-refractivity contribution in [3.8, 4) is 0 Å². The second-order valence-corrected chi connectivity index (χ2v) is 3.81. The minimum absolute atomic E-state index is 0.155. The highest BCUT2D eigenvalue weighted by atomic mass is 16.4. The molecule has 1 aromatic heterocycles. The van der Waals surface area contributed by atoms with Gasteiger partial charge in [-0.25, -0.2) is 4.68 Å². The normalized spacial score (nSPS) is 10.6. The van der Waals surface area contributed by atoms with Gasteiger partial charge < -0.3 is 5.11 Å². The van der Waals surface area contributed by atoms with Crippen molar-refractivity contribution in [3.63, 3.8) is 0 Å². The maximum Gasteiger partial charge on any atom is 0.325 e. The van der Waals surface area contributed by atoms with Crippen molar-refractivity contribution in [2.75, 3.05) is 0 Å². The van der Waals surface area contributed by atoms with Crippen molar-refractivity contribution in [2.24, 2.45) is 0 Å². The zero-order valence-electron chi connectivity index (χ0n) is 9.59. The molecule has 0 saturated heterocycles. The Morgan fingerprint density at radius 3 is 2.75 bits per heavy atom. The first-order valence-corrected chi connectivity index (χ1v) is 5.71. The Morgan fingerprint density at radius 2 is 2.06 bits per heavy atom. The molecule has 0 aliphatic rings. The van der Waals surface area contributed by atoms with Crippen LogP contribution < -0.4 is 0 Å². The van der Waals surface area contributed by atoms with Crippen LogP contribution in [-0.4, -0.2) is 31.3 Å². The molecule has 0 amide bonds. The molecule has 1 aromatic rings. The summed E-state index contributed by atoms with van der Waals surface area (Å²) in [6.45, 7) is 2.02. The van der Waals surface area contributed by atoms with Crippen LogP contribution in [0.1, 0.15) is 44.9 Å². The summed E-state index contributed by atoms with van der Waals surface area (Å²) in [5.41, 5.74) is 0. The molecule has 0 bridgehead atoms. The van der Waals surface area contributed by atoms with E-state index in [1.54, 1.807) is 0 Å². The zero-order chi connectivity index (χ0) is 11.8. The molecule has 1 rings (SSSR count). The van der Waals surface area contributed by atoms with Crippen LogP contribution >= 0.6 is 0 Å². The molecule has 0 aromatic carbocycles. The van der Waals surface area contributed by atoms with E-state index in [0.29, 0.717) is 5.82 Å². The molecule has 0 aliphatic heterocycles. The minimum atomic E-state index is -0.917. The standard InChI is InChI=1S/C10H18N4O2/c1-2-3-4-5-6-7-9-11-12-13-14(9)8-10(15)16/h2-8H2,1H3,(H,15,16). The van der Waals surface area contributed by atoms with Gasteiger partial charge in [0.05, 0.1) is 0 Å². The molecule has 90 valence electrons. The second-order valence-electron chi connectivity index (χ2n) is 3.81. The van der Waals surface area contributed by atoms with Gasteiger partial charge in [0.15, 0.2) is 5.82 Å². The highest BCUT2D eigenvalue weighted by molar-refractivity contribution is 5.66. The lowest BCUT2D eigenvalue weighted by atomic mass is 10.1. The number of carboxylic acids is 1. The third-order valence-corrected chi connectivity index (χ3v) is 2.40. The number of unbranched alkanes of at least 4 members (excludes halogenated alkanes) is 4. The number of aryl methyl sites for hydroxylation is 1. The van der Waals surface area contributed by atoms with Crippen LogP contribution in [0.4, 0.5) is 0 Å². The van der Waals surface area contributed by atoms with Gasteiger partial charge >= 0.3 is 5.97 Å². The van der Waals surface area contributed by atoms with Gasteiger partial charge in [-0.1, -0.05) is 32.6 Å². The smallest absolute Gasteiger partial charge is 0.325 e. The first kappa shape index (κ1) is 12.6. The van der Waals surface area contributed by atoms with Crippen molar-refractivity contribution in [3.05, 3.63) is 5.82 Å². The van der Waals surface area contributed by atoms with Crippen molar-refractivity contribution in [1.82, 2.24) is 20.2 Å². The lowest BCUT2D eigenvalue weighted by Crippen LogP contribution is -2.13. The number of tetrazole rings is 1. The largest absolute Gasteiger partial charge is 0.480 e. The van der Waals surface area contributed by atoms with E-state index in [1.807, 2.05) is 0 Å². The summed E-state index contributed by atoms with van der Waals surface area (Å²) in [4.78, 5) is 10.5. The van der Waals surface area contributed by atoms with E-state index in [2.05, 4.69) is 22.4 Å². The van der Waals surface area contributed by atoms with Crippen LogP contribution in [0, 0.1) is 0 Å². The van der Waals surface area contributed by atoms with Crippen molar-refractivity contribution in [2.45, 2.75) is 52.0 Å². The van der Waals surface area contributed by atoms with Crippen molar-refractivity contribution in [1.29, 1.82) is 0 Å². The average Bonchev–Trinajstić information content (AvgIpc) is 2.64. The monoisotopic (exact) mass is 226 g/mol. The van der Waals surface area contributed by atoms with Gasteiger partial charge in [0.1, 0.15) is 6.54 Å². The summed E-state index contributed by atoms with van der Waals surface area (Å²) in [6.07, 6.45) is 6.60. The van der Waals surface area contributed by atoms with E-state index in [9.17, 15) is 4.79 Å². The second kappa shape index (κ2) is 6.92. The molecular formula is C10H18N4O2. The summed E-state index contributed by atoms with van der Waals surface area (Å²) >= 11 is 0. The minimum Gasteiger partial charge on any atom is -0.480 e. The van der Waals surface area contributed by atoms with Gasteiger partial charge in [-0.3, -0.25) is 4.79 Å². The predicted octanol–water partition coefficient (Wildman–Crippen LogP) is 1.27. The fraction of sp³-hybridized carbons (Fsp3) is 0.800. The Labute approximate surface area is 94.7 Å². The van der Waals surface area contributed by atoms with Gasteiger partial charge in [0.2, 0.25) is 0 Å². The van der Waals surface area contributed by atoms with Crippen molar-refractivity contribution < 1.29 is 9.90 Å². The van der Waals surface area contributed by atoms with Crippen LogP contribution in [0.15, 0.2) is 0 Å². The fourth-order valence-corrected chi connectivity index (χ4v) is 1.54. The maximum absolute atomic E-state index is 10.5. The third kappa shape index (κ3) is 4.37. The van der Waals surface area contributed by atoms with Gasteiger partial charge in [0.25, 0.3) is 0 Å². The number of rotatable bonds is 8. The lowest BCUT2D eigenvalue weighted by molar-refractivity contribution is -0.138. The molecule has 0 radical (unpaired) electrons. The summed E-state index contributed by atoms with van der Waals surface area (Å²) in [5.74, 6) is -0.251. The Morgan fingerprint density at radius 1 is 1.31 bits per heavy atom. The third-order valence-electron chi connectivity index (χ3n) is 2.40. The molecule has 1 heterocycles. The lowest BCUT2D eigenvalue weighted by Gasteiger charge is -2.01. The Bertz CT molecular complexity index is 324. The molecule has 0 spiro atoms. The first-order valence-electron chi connectivity index (χ1n) is 5.71. The van der Waals surface area contributed by atoms with E-state index >= 15 is 0 Å². The average molecular weight is 226 g/mol. The fourth-order valence-electron chi connectivity index (χ4n) is 1.54. The van der Waals surface area contributed by atoms with Crippen LogP contribution in [0.3, 0.4) is 0 Å². The van der Waals surface area contributed by atoms with Crippen LogP contribution in [0.25, 0.3) is 0 Å². The summed E-state index contributed by atoms with van der Waals surface area (Å²) in [6, 6.07) is 0. The highest BCUT2D eigenvalue weighted by Crippen LogP contribution is 2.06. The SMILES string of the molecule is CCCCCCCc1nnnn1CC(=O)O. The Hall–Kier alpha value is -1.46. The molecular weight excluding hydrogens is 208 g/mol. The van der Waals surface area contributed by atoms with Crippen LogP contribution in [0.5, 0.6) is 0 Å². The quantitative estimate of drug-likeness (QED) is 0.675. The summed E-state index contributed by atoms with van der Waals surface area (Å²) < 4.78 is 1.35. The first-order chi connectivity index (χ1) is 7.74. The van der Waals surface area contributed by atoms with E-state index in [1.165, 1.54) is 23.9 Å². The van der Waals surface area contributed by atoms with E-state index < -0.39 is 5.97 Å². The number of carboxylic acid groups (broad SMARTS) is 1. The topological polar surface area (TPSA) is 80.9 Å². The number of aromatic nitrogens is 4. The molecule has 0 unspecified atom stereocenters. The van der Waals surface area contributed by atoms with Gasteiger partial charge in [-0.15, -0.1) is 5.10 Å². The van der Waals surface area contributed by atoms with Crippen LogP contribution in [0.2, 0.25) is 0 Å². The molecule has 6 heteroatoms. The molecule has 0 fully saturated rings. The van der Waals surface area contributed by atoms with E-state index in [-0.39, 0.29) is 6.54 Å². The predicted molar refractivity (Wildman–Crippen MR) is 57.9 cm³/mol. The maximum atomic E-state index is 10.5. The number of carbonyl (C=O) groups is 1. The molecule has 0 atom stereocenters. The van der Waals surface area contributed by atoms with Gasteiger partial charge in [-0.2, -0.15) is 0 Å². The number of hydrogen-bond acceptors (Lipinski definition) is 4. The van der Waals surface area contributed by atoms with E-state index in [0.717, 1.165) is 19.3 Å². The van der Waals surface area contributed by atoms with Crippen molar-refractivity contribution >= 4 is 5.97 Å². The Kier molecular flexibility index (Phi) is 5.45. The summed E-state index contributed by atoms with van der Waals surface area (Å²) in [5, 5.41) is 19.6. The molecule has 16 heavy (non-hydrogen) atoms. The summed E-state index contributed by atoms with van der Waals surface area (Å²) in [7, 11) is 0. The number of hydrogen-bond donors (Lipinski definition) is 1.